The number of para-hydroxylation sites is 2. The average molecular weight is 305 g/mol. The van der Waals surface area contributed by atoms with E-state index in [1.165, 1.54) is 16.7 Å². The van der Waals surface area contributed by atoms with Crippen LogP contribution in [0.1, 0.15) is 12.2 Å². The number of aliphatic carboxylic acids is 1. The zero-order valence-corrected chi connectivity index (χ0v) is 12.1. The lowest BCUT2D eigenvalue weighted by Crippen LogP contribution is -2.41. The van der Waals surface area contributed by atoms with Crippen molar-refractivity contribution in [1.82, 2.24) is 14.9 Å². The van der Waals surface area contributed by atoms with Crippen LogP contribution in [0, 0.1) is 0 Å². The van der Waals surface area contributed by atoms with Crippen LogP contribution >= 0.6 is 11.8 Å². The second kappa shape index (κ2) is 5.77. The molecule has 1 amide bonds. The third kappa shape index (κ3) is 2.87. The van der Waals surface area contributed by atoms with Crippen LogP contribution in [0.5, 0.6) is 0 Å². The molecule has 1 saturated heterocycles. The van der Waals surface area contributed by atoms with Crippen LogP contribution in [0.2, 0.25) is 0 Å². The Morgan fingerprint density at radius 2 is 2.24 bits per heavy atom. The first-order valence-electron chi connectivity index (χ1n) is 6.69. The van der Waals surface area contributed by atoms with E-state index in [1.807, 2.05) is 24.3 Å². The van der Waals surface area contributed by atoms with Crippen LogP contribution in [-0.4, -0.2) is 49.5 Å². The lowest BCUT2D eigenvalue weighted by Gasteiger charge is -2.20. The van der Waals surface area contributed by atoms with E-state index in [1.54, 1.807) is 0 Å². The van der Waals surface area contributed by atoms with Crippen LogP contribution in [-0.2, 0) is 16.0 Å². The summed E-state index contributed by atoms with van der Waals surface area (Å²) in [6, 6.07) is 6.99. The van der Waals surface area contributed by atoms with E-state index < -0.39 is 12.0 Å². The van der Waals surface area contributed by atoms with Crippen molar-refractivity contribution in [3.63, 3.8) is 0 Å². The van der Waals surface area contributed by atoms with Crippen molar-refractivity contribution in [3.05, 3.63) is 30.1 Å². The van der Waals surface area contributed by atoms with E-state index in [0.29, 0.717) is 18.1 Å². The molecule has 6 nitrogen and oxygen atoms in total. The van der Waals surface area contributed by atoms with Gasteiger partial charge in [0.25, 0.3) is 0 Å². The third-order valence-electron chi connectivity index (χ3n) is 3.50. The van der Waals surface area contributed by atoms with Gasteiger partial charge in [-0.1, -0.05) is 12.1 Å². The lowest BCUT2D eigenvalue weighted by atomic mass is 10.2. The summed E-state index contributed by atoms with van der Waals surface area (Å²) < 4.78 is 0. The summed E-state index contributed by atoms with van der Waals surface area (Å²) >= 11 is 1.47. The Balaban J connectivity index is 1.64. The van der Waals surface area contributed by atoms with E-state index in [0.717, 1.165) is 16.9 Å². The predicted molar refractivity (Wildman–Crippen MR) is 80.0 cm³/mol. The molecule has 1 unspecified atom stereocenters. The molecular formula is C14H15N3O3S. The van der Waals surface area contributed by atoms with Crippen molar-refractivity contribution in [2.75, 3.05) is 11.6 Å². The van der Waals surface area contributed by atoms with Gasteiger partial charge < -0.3 is 15.0 Å². The van der Waals surface area contributed by atoms with Crippen LogP contribution in [0.4, 0.5) is 0 Å². The number of aromatic nitrogens is 2. The summed E-state index contributed by atoms with van der Waals surface area (Å²) in [5, 5.41) is 9.09. The molecule has 0 bridgehead atoms. The molecule has 2 N–H and O–H groups in total. The fourth-order valence-corrected chi connectivity index (χ4v) is 3.56. The topological polar surface area (TPSA) is 86.3 Å². The number of H-pyrrole nitrogens is 1. The Morgan fingerprint density at radius 1 is 1.43 bits per heavy atom. The Bertz CT molecular complexity index is 652. The molecule has 2 aromatic rings. The first-order chi connectivity index (χ1) is 10.1. The zero-order chi connectivity index (χ0) is 14.8. The monoisotopic (exact) mass is 305 g/mol. The van der Waals surface area contributed by atoms with E-state index >= 15 is 0 Å². The normalized spacial score (nSPS) is 18.3. The van der Waals surface area contributed by atoms with Crippen molar-refractivity contribution < 1.29 is 14.7 Å². The number of benzene rings is 1. The standard InChI is InChI=1S/C14H15N3O3S/c18-13(17-8-21-7-11(17)14(19)20)6-5-12-15-9-3-1-2-4-10(9)16-12/h1-4,11H,5-8H2,(H,15,16)(H,19,20). The molecule has 1 aromatic carbocycles. The molecule has 3 rings (SSSR count). The van der Waals surface area contributed by atoms with Gasteiger partial charge in [-0.2, -0.15) is 0 Å². The largest absolute Gasteiger partial charge is 0.480 e. The summed E-state index contributed by atoms with van der Waals surface area (Å²) in [4.78, 5) is 32.3. The van der Waals surface area contributed by atoms with Gasteiger partial charge in [-0.25, -0.2) is 9.78 Å². The van der Waals surface area contributed by atoms with Crippen molar-refractivity contribution >= 4 is 34.7 Å². The number of nitrogens with one attached hydrogen (secondary N) is 1. The van der Waals surface area contributed by atoms with Gasteiger partial charge >= 0.3 is 5.97 Å². The maximum Gasteiger partial charge on any atom is 0.327 e. The second-order valence-electron chi connectivity index (χ2n) is 4.92. The minimum Gasteiger partial charge on any atom is -0.480 e. The van der Waals surface area contributed by atoms with Crippen molar-refractivity contribution in [3.8, 4) is 0 Å². The number of aromatic amines is 1. The minimum absolute atomic E-state index is 0.132. The summed E-state index contributed by atoms with van der Waals surface area (Å²) in [6.07, 6.45) is 0.755. The molecule has 110 valence electrons. The molecule has 1 fully saturated rings. The number of fused-ring (bicyclic) bond motifs is 1. The third-order valence-corrected chi connectivity index (χ3v) is 4.51. The Morgan fingerprint density at radius 3 is 3.00 bits per heavy atom. The van der Waals surface area contributed by atoms with E-state index in [2.05, 4.69) is 9.97 Å². The van der Waals surface area contributed by atoms with Crippen LogP contribution in [0.3, 0.4) is 0 Å². The molecule has 0 saturated carbocycles. The van der Waals surface area contributed by atoms with Crippen molar-refractivity contribution in [2.45, 2.75) is 18.9 Å². The lowest BCUT2D eigenvalue weighted by molar-refractivity contribution is -0.147. The maximum absolute atomic E-state index is 12.2. The van der Waals surface area contributed by atoms with E-state index in [4.69, 9.17) is 5.11 Å². The molecule has 2 heterocycles. The molecule has 1 aliphatic rings. The Hall–Kier alpha value is -2.02. The quantitative estimate of drug-likeness (QED) is 0.893. The fourth-order valence-electron chi connectivity index (χ4n) is 2.39. The molecule has 1 atom stereocenters. The molecule has 7 heteroatoms. The summed E-state index contributed by atoms with van der Waals surface area (Å²) in [5.74, 6) is 0.606. The smallest absolute Gasteiger partial charge is 0.327 e. The molecule has 0 radical (unpaired) electrons. The number of carbonyl (C=O) groups excluding carboxylic acids is 1. The maximum atomic E-state index is 12.2. The number of hydrogen-bond acceptors (Lipinski definition) is 4. The van der Waals surface area contributed by atoms with Gasteiger partial charge in [0.2, 0.25) is 5.91 Å². The minimum atomic E-state index is -0.933. The van der Waals surface area contributed by atoms with Gasteiger partial charge in [-0.05, 0) is 12.1 Å². The number of carbonyl (C=O) groups is 2. The number of carboxylic acid groups (broad SMARTS) is 1. The summed E-state index contributed by atoms with van der Waals surface area (Å²) in [7, 11) is 0. The van der Waals surface area contributed by atoms with Gasteiger partial charge in [0.15, 0.2) is 0 Å². The number of thioether (sulfide) groups is 1. The van der Waals surface area contributed by atoms with Gasteiger partial charge in [0, 0.05) is 18.6 Å². The number of rotatable bonds is 4. The average Bonchev–Trinajstić information content (AvgIpc) is 3.10. The summed E-state index contributed by atoms with van der Waals surface area (Å²) in [5.41, 5.74) is 1.82. The highest BCUT2D eigenvalue weighted by Crippen LogP contribution is 2.22. The number of nitrogens with zero attached hydrogens (tertiary/aromatic N) is 2. The van der Waals surface area contributed by atoms with Crippen molar-refractivity contribution in [1.29, 1.82) is 0 Å². The van der Waals surface area contributed by atoms with Gasteiger partial charge in [-0.3, -0.25) is 4.79 Å². The van der Waals surface area contributed by atoms with Gasteiger partial charge in [-0.15, -0.1) is 11.8 Å². The Labute approximate surface area is 125 Å². The first kappa shape index (κ1) is 13.9. The van der Waals surface area contributed by atoms with Crippen LogP contribution in [0.15, 0.2) is 24.3 Å². The SMILES string of the molecule is O=C(O)C1CSCN1C(=O)CCc1nc2ccccc2[nH]1. The predicted octanol–water partition coefficient (Wildman–Crippen LogP) is 1.48. The number of amides is 1. The second-order valence-corrected chi connectivity index (χ2v) is 5.92. The van der Waals surface area contributed by atoms with Crippen LogP contribution < -0.4 is 0 Å². The number of aryl methyl sites for hydroxylation is 1. The number of carboxylic acids is 1. The highest BCUT2D eigenvalue weighted by molar-refractivity contribution is 7.99. The molecule has 21 heavy (non-hydrogen) atoms. The van der Waals surface area contributed by atoms with E-state index in [-0.39, 0.29) is 12.3 Å². The molecule has 0 spiro atoms. The Kier molecular flexibility index (Phi) is 3.83. The molecule has 1 aromatic heterocycles. The highest BCUT2D eigenvalue weighted by Gasteiger charge is 2.34. The summed E-state index contributed by atoms with van der Waals surface area (Å²) in [6.45, 7) is 0. The number of hydrogen-bond donors (Lipinski definition) is 2. The fraction of sp³-hybridized carbons (Fsp3) is 0.357. The molecule has 1 aliphatic heterocycles. The molecular weight excluding hydrogens is 290 g/mol. The molecule has 0 aliphatic carbocycles. The van der Waals surface area contributed by atoms with Gasteiger partial charge in [0.05, 0.1) is 16.9 Å². The highest BCUT2D eigenvalue weighted by atomic mass is 32.2. The number of imidazole rings is 1. The first-order valence-corrected chi connectivity index (χ1v) is 7.84. The van der Waals surface area contributed by atoms with E-state index in [9.17, 15) is 9.59 Å². The zero-order valence-electron chi connectivity index (χ0n) is 11.3. The van der Waals surface area contributed by atoms with Crippen molar-refractivity contribution in [2.24, 2.45) is 0 Å². The van der Waals surface area contributed by atoms with Gasteiger partial charge in [0.1, 0.15) is 11.9 Å². The van der Waals surface area contributed by atoms with Crippen LogP contribution in [0.25, 0.3) is 11.0 Å².